The molecule has 3 radical (unpaired) electrons. The van der Waals surface area contributed by atoms with Crippen molar-refractivity contribution in [1.29, 1.82) is 0 Å². The molecule has 0 saturated carbocycles. The summed E-state index contributed by atoms with van der Waals surface area (Å²) in [6.07, 6.45) is 2.81. The fourth-order valence-corrected chi connectivity index (χ4v) is 0.966. The molecule has 11 heavy (non-hydrogen) atoms. The van der Waals surface area contributed by atoms with E-state index in [0.29, 0.717) is 0 Å². The van der Waals surface area contributed by atoms with Gasteiger partial charge < -0.3 is 15.2 Å². The van der Waals surface area contributed by atoms with Crippen molar-refractivity contribution >= 4 is 10.2 Å². The summed E-state index contributed by atoms with van der Waals surface area (Å²) >= 11 is 0. The lowest BCUT2D eigenvalue weighted by Gasteiger charge is -2.26. The zero-order valence-corrected chi connectivity index (χ0v) is 8.22. The maximum Gasteiger partial charge on any atom is 0.143 e. The van der Waals surface area contributed by atoms with Gasteiger partial charge in [0.2, 0.25) is 0 Å². The van der Waals surface area contributed by atoms with Gasteiger partial charge in [-0.15, -0.1) is 0 Å². The van der Waals surface area contributed by atoms with E-state index < -0.39 is 5.41 Å². The average Bonchev–Trinajstić information content (AvgIpc) is 2.05. The van der Waals surface area contributed by atoms with E-state index in [9.17, 15) is 0 Å². The van der Waals surface area contributed by atoms with Gasteiger partial charge in [0.25, 0.3) is 0 Å². The Balaban J connectivity index is 3.51. The third-order valence-electron chi connectivity index (χ3n) is 1.62. The molecule has 0 aliphatic carbocycles. The molecule has 0 bridgehead atoms. The smallest absolute Gasteiger partial charge is 0.143 e. The molecule has 0 rings (SSSR count). The molecule has 0 aliphatic heterocycles. The van der Waals surface area contributed by atoms with Gasteiger partial charge >= 0.3 is 0 Å². The van der Waals surface area contributed by atoms with E-state index in [1.54, 1.807) is 14.2 Å². The highest BCUT2D eigenvalue weighted by Crippen LogP contribution is 2.14. The van der Waals surface area contributed by atoms with Crippen LogP contribution in [0.4, 0.5) is 0 Å². The quantitative estimate of drug-likeness (QED) is 0.356. The van der Waals surface area contributed by atoms with E-state index >= 15 is 0 Å². The Kier molecular flexibility index (Phi) is 5.76. The monoisotopic (exact) mass is 174 g/mol. The minimum Gasteiger partial charge on any atom is -0.358 e. The molecule has 0 unspecified atom stereocenters. The Hall–Kier alpha value is 0.0969. The Bertz CT molecular complexity index is 96.4. The van der Waals surface area contributed by atoms with Crippen molar-refractivity contribution < 1.29 is 9.47 Å². The lowest BCUT2D eigenvalue weighted by atomic mass is 10.2. The maximum absolute atomic E-state index is 5.34. The van der Waals surface area contributed by atoms with Crippen molar-refractivity contribution in [1.82, 2.24) is 0 Å². The van der Waals surface area contributed by atoms with Gasteiger partial charge in [-0.25, -0.2) is 0 Å². The fourth-order valence-electron chi connectivity index (χ4n) is 0.790. The fraction of sp³-hybridized carbons (Fsp3) is 1.00. The van der Waals surface area contributed by atoms with E-state index in [0.717, 1.165) is 25.8 Å². The van der Waals surface area contributed by atoms with E-state index in [1.165, 1.54) is 0 Å². The molecule has 0 aromatic carbocycles. The van der Waals surface area contributed by atoms with Crippen LogP contribution in [0.15, 0.2) is 0 Å². The highest BCUT2D eigenvalue weighted by atomic mass is 28.1. The van der Waals surface area contributed by atoms with Crippen LogP contribution >= 0.6 is 0 Å². The van der Waals surface area contributed by atoms with Crippen molar-refractivity contribution in [2.45, 2.75) is 24.7 Å². The van der Waals surface area contributed by atoms with Crippen molar-refractivity contribution in [3.8, 4) is 0 Å². The summed E-state index contributed by atoms with van der Waals surface area (Å²) in [5.41, 5.74) is 4.73. The first-order chi connectivity index (χ1) is 5.18. The number of hydrogen-bond donors (Lipinski definition) is 1. The summed E-state index contributed by atoms with van der Waals surface area (Å²) in [6.45, 7) is 0.718. The Morgan fingerprint density at radius 3 is 2.18 bits per heavy atom. The molecule has 0 atom stereocenters. The molecule has 2 N–H and O–H groups in total. The second-order valence-electron chi connectivity index (χ2n) is 2.41. The molecule has 0 heterocycles. The molecule has 4 heteroatoms. The van der Waals surface area contributed by atoms with E-state index in [1.807, 2.05) is 0 Å². The molecule has 0 amide bonds. The molecule has 0 fully saturated rings. The van der Waals surface area contributed by atoms with Gasteiger partial charge in [0.05, 0.1) is 0 Å². The van der Waals surface area contributed by atoms with Crippen LogP contribution in [0, 0.1) is 0 Å². The SMILES string of the molecule is COC([Si])(CCCCN)OC. The van der Waals surface area contributed by atoms with Crippen molar-refractivity contribution in [3.05, 3.63) is 0 Å². The lowest BCUT2D eigenvalue weighted by Crippen LogP contribution is -2.34. The van der Waals surface area contributed by atoms with E-state index in [-0.39, 0.29) is 0 Å². The first kappa shape index (κ1) is 11.1. The largest absolute Gasteiger partial charge is 0.358 e. The van der Waals surface area contributed by atoms with E-state index in [4.69, 9.17) is 15.2 Å². The maximum atomic E-state index is 5.34. The Labute approximate surface area is 71.7 Å². The summed E-state index contributed by atoms with van der Waals surface area (Å²) in [5.74, 6) is 0. The highest BCUT2D eigenvalue weighted by Gasteiger charge is 2.21. The number of nitrogens with two attached hydrogens (primary N) is 1. The highest BCUT2D eigenvalue weighted by molar-refractivity contribution is 6.13. The summed E-state index contributed by atoms with van der Waals surface area (Å²) in [5, 5.41) is 0. The first-order valence-electron chi connectivity index (χ1n) is 3.74. The minimum atomic E-state index is -0.616. The molecule has 0 saturated heterocycles. The standard InChI is InChI=1S/C7H16NO2Si/c1-9-7(11,10-2)5-3-4-6-8/h3-6,8H2,1-2H3. The van der Waals surface area contributed by atoms with Gasteiger partial charge in [-0.3, -0.25) is 0 Å². The Morgan fingerprint density at radius 1 is 1.27 bits per heavy atom. The summed E-state index contributed by atoms with van der Waals surface area (Å²) in [4.78, 5) is 0. The third-order valence-corrected chi connectivity index (χ3v) is 2.28. The van der Waals surface area contributed by atoms with E-state index in [2.05, 4.69) is 10.2 Å². The van der Waals surface area contributed by atoms with Crippen molar-refractivity contribution in [2.24, 2.45) is 5.73 Å². The number of methoxy groups -OCH3 is 2. The number of rotatable bonds is 6. The van der Waals surface area contributed by atoms with Gasteiger partial charge in [0.1, 0.15) is 15.7 Å². The molecule has 0 aromatic rings. The van der Waals surface area contributed by atoms with Crippen molar-refractivity contribution in [2.75, 3.05) is 20.8 Å². The predicted octanol–water partition coefficient (Wildman–Crippen LogP) is 0.231. The average molecular weight is 174 g/mol. The van der Waals surface area contributed by atoms with Crippen LogP contribution in [0.2, 0.25) is 0 Å². The van der Waals surface area contributed by atoms with Gasteiger partial charge in [-0.2, -0.15) is 0 Å². The predicted molar refractivity (Wildman–Crippen MR) is 45.4 cm³/mol. The first-order valence-corrected chi connectivity index (χ1v) is 4.24. The summed E-state index contributed by atoms with van der Waals surface area (Å²) in [6, 6.07) is 0. The van der Waals surface area contributed by atoms with Crippen LogP contribution in [0.25, 0.3) is 0 Å². The molecular weight excluding hydrogens is 158 g/mol. The van der Waals surface area contributed by atoms with Crippen LogP contribution < -0.4 is 5.73 Å². The topological polar surface area (TPSA) is 44.5 Å². The minimum absolute atomic E-state index is 0.616. The molecule has 3 nitrogen and oxygen atoms in total. The zero-order chi connectivity index (χ0) is 8.74. The van der Waals surface area contributed by atoms with Crippen LogP contribution in [0.5, 0.6) is 0 Å². The molecule has 0 spiro atoms. The van der Waals surface area contributed by atoms with Gasteiger partial charge in [0.15, 0.2) is 0 Å². The molecule has 0 aliphatic rings. The summed E-state index contributed by atoms with van der Waals surface area (Å²) in [7, 11) is 6.60. The third kappa shape index (κ3) is 4.52. The second-order valence-corrected chi connectivity index (χ2v) is 3.17. The van der Waals surface area contributed by atoms with Crippen LogP contribution in [0.1, 0.15) is 19.3 Å². The zero-order valence-electron chi connectivity index (χ0n) is 7.22. The number of unbranched alkanes of at least 4 members (excludes halogenated alkanes) is 1. The normalized spacial score (nSPS) is 12.0. The number of hydrogen-bond acceptors (Lipinski definition) is 3. The van der Waals surface area contributed by atoms with Crippen LogP contribution in [0.3, 0.4) is 0 Å². The van der Waals surface area contributed by atoms with Crippen LogP contribution in [-0.2, 0) is 9.47 Å². The number of ether oxygens (including phenoxy) is 2. The molecule has 65 valence electrons. The van der Waals surface area contributed by atoms with Gasteiger partial charge in [0, 0.05) is 14.2 Å². The second kappa shape index (κ2) is 5.71. The van der Waals surface area contributed by atoms with Gasteiger partial charge in [-0.05, 0) is 25.8 Å². The Morgan fingerprint density at radius 2 is 1.82 bits per heavy atom. The summed E-state index contributed by atoms with van der Waals surface area (Å²) < 4.78 is 10.2. The van der Waals surface area contributed by atoms with Gasteiger partial charge in [-0.1, -0.05) is 0 Å². The molecule has 0 aromatic heterocycles. The van der Waals surface area contributed by atoms with Crippen LogP contribution in [-0.4, -0.2) is 36.4 Å². The van der Waals surface area contributed by atoms with Crippen molar-refractivity contribution in [3.63, 3.8) is 0 Å². The molecular formula is C7H16NO2Si. The lowest BCUT2D eigenvalue weighted by molar-refractivity contribution is -0.146.